The second-order valence-corrected chi connectivity index (χ2v) is 5.67. The molecule has 0 aliphatic carbocycles. The molecule has 0 spiro atoms. The number of rotatable bonds is 3. The molecule has 104 valence electrons. The number of nitrogens with zero attached hydrogens (tertiary/aromatic N) is 1. The first-order valence-corrected chi connectivity index (χ1v) is 6.07. The van der Waals surface area contributed by atoms with Gasteiger partial charge in [0.25, 0.3) is 0 Å². The Balaban J connectivity index is 2.93. The third-order valence-corrected chi connectivity index (χ3v) is 2.44. The van der Waals surface area contributed by atoms with Gasteiger partial charge < -0.3 is 14.8 Å². The standard InChI is InChI=1S/C14H20N2O3/c1-10-6-7-15-11(8-10)14(5,9-17)16-12(18)19-13(2,3)4/h6-9H,1-5H3,(H,16,18). The highest BCUT2D eigenvalue weighted by atomic mass is 16.6. The topological polar surface area (TPSA) is 68.3 Å². The fraction of sp³-hybridized carbons (Fsp3) is 0.500. The zero-order valence-electron chi connectivity index (χ0n) is 12.0. The maximum Gasteiger partial charge on any atom is 0.408 e. The number of carbonyl (C=O) groups excluding carboxylic acids is 2. The Kier molecular flexibility index (Phi) is 4.29. The van der Waals surface area contributed by atoms with Gasteiger partial charge >= 0.3 is 6.09 Å². The lowest BCUT2D eigenvalue weighted by atomic mass is 9.98. The molecule has 0 radical (unpaired) electrons. The summed E-state index contributed by atoms with van der Waals surface area (Å²) in [6.45, 7) is 8.76. The van der Waals surface area contributed by atoms with Crippen molar-refractivity contribution in [2.45, 2.75) is 45.8 Å². The third kappa shape index (κ3) is 4.35. The maximum atomic E-state index is 11.8. The number of nitrogens with one attached hydrogen (secondary N) is 1. The van der Waals surface area contributed by atoms with Gasteiger partial charge in [0.15, 0.2) is 6.29 Å². The first kappa shape index (κ1) is 15.1. The zero-order valence-corrected chi connectivity index (χ0v) is 12.0. The van der Waals surface area contributed by atoms with Gasteiger partial charge in [-0.3, -0.25) is 4.98 Å². The molecule has 5 heteroatoms. The Morgan fingerprint density at radius 1 is 1.37 bits per heavy atom. The molecule has 1 aromatic rings. The van der Waals surface area contributed by atoms with Crippen molar-refractivity contribution in [2.75, 3.05) is 0 Å². The molecule has 1 heterocycles. The minimum Gasteiger partial charge on any atom is -0.444 e. The van der Waals surface area contributed by atoms with Crippen molar-refractivity contribution >= 4 is 12.4 Å². The van der Waals surface area contributed by atoms with E-state index in [4.69, 9.17) is 4.74 Å². The average molecular weight is 264 g/mol. The molecule has 19 heavy (non-hydrogen) atoms. The van der Waals surface area contributed by atoms with Crippen LogP contribution in [0.1, 0.15) is 39.0 Å². The van der Waals surface area contributed by atoms with Crippen molar-refractivity contribution < 1.29 is 14.3 Å². The van der Waals surface area contributed by atoms with Crippen LogP contribution in [0.2, 0.25) is 0 Å². The number of hydrogen-bond donors (Lipinski definition) is 1. The normalized spacial score (nSPS) is 14.4. The molecule has 0 aromatic carbocycles. The Morgan fingerprint density at radius 3 is 2.47 bits per heavy atom. The first-order chi connectivity index (χ1) is 8.66. The van der Waals surface area contributed by atoms with E-state index in [1.54, 1.807) is 40.0 Å². The maximum absolute atomic E-state index is 11.8. The molecular weight excluding hydrogens is 244 g/mol. The van der Waals surface area contributed by atoms with Crippen molar-refractivity contribution in [1.82, 2.24) is 10.3 Å². The summed E-state index contributed by atoms with van der Waals surface area (Å²) in [6, 6.07) is 3.58. The summed E-state index contributed by atoms with van der Waals surface area (Å²) in [5, 5.41) is 2.55. The predicted octanol–water partition coefficient (Wildman–Crippen LogP) is 2.33. The van der Waals surface area contributed by atoms with Crippen LogP contribution in [-0.4, -0.2) is 23.0 Å². The largest absolute Gasteiger partial charge is 0.444 e. The van der Waals surface area contributed by atoms with Crippen LogP contribution < -0.4 is 5.32 Å². The third-order valence-electron chi connectivity index (χ3n) is 2.44. The van der Waals surface area contributed by atoms with Gasteiger partial charge in [0, 0.05) is 6.20 Å². The molecule has 0 aliphatic heterocycles. The Hall–Kier alpha value is -1.91. The summed E-state index contributed by atoms with van der Waals surface area (Å²) in [4.78, 5) is 27.2. The molecule has 0 saturated carbocycles. The molecule has 0 bridgehead atoms. The van der Waals surface area contributed by atoms with E-state index in [1.807, 2.05) is 13.0 Å². The molecule has 1 rings (SSSR count). The summed E-state index contributed by atoms with van der Waals surface area (Å²) in [5.74, 6) is 0. The van der Waals surface area contributed by atoms with Crippen LogP contribution in [0.25, 0.3) is 0 Å². The lowest BCUT2D eigenvalue weighted by Crippen LogP contribution is -2.47. The smallest absolute Gasteiger partial charge is 0.408 e. The van der Waals surface area contributed by atoms with E-state index in [2.05, 4.69) is 10.3 Å². The van der Waals surface area contributed by atoms with E-state index in [0.717, 1.165) is 5.56 Å². The van der Waals surface area contributed by atoms with Crippen LogP contribution in [0.15, 0.2) is 18.3 Å². The number of pyridine rings is 1. The summed E-state index contributed by atoms with van der Waals surface area (Å²) in [7, 11) is 0. The number of hydrogen-bond acceptors (Lipinski definition) is 4. The average Bonchev–Trinajstić information content (AvgIpc) is 2.26. The van der Waals surface area contributed by atoms with Crippen molar-refractivity contribution in [1.29, 1.82) is 0 Å². The second kappa shape index (κ2) is 5.38. The van der Waals surface area contributed by atoms with Crippen molar-refractivity contribution in [3.8, 4) is 0 Å². The quantitative estimate of drug-likeness (QED) is 0.851. The lowest BCUT2D eigenvalue weighted by Gasteiger charge is -2.27. The molecule has 1 atom stereocenters. The summed E-state index contributed by atoms with van der Waals surface area (Å²) in [6.07, 6.45) is 1.60. The van der Waals surface area contributed by atoms with Crippen LogP contribution in [-0.2, 0) is 15.1 Å². The second-order valence-electron chi connectivity index (χ2n) is 5.67. The highest BCUT2D eigenvalue weighted by Gasteiger charge is 2.31. The van der Waals surface area contributed by atoms with Crippen molar-refractivity contribution in [3.05, 3.63) is 29.6 Å². The fourth-order valence-corrected chi connectivity index (χ4v) is 1.49. The van der Waals surface area contributed by atoms with E-state index >= 15 is 0 Å². The Bertz CT molecular complexity index is 480. The van der Waals surface area contributed by atoms with Gasteiger partial charge in [-0.1, -0.05) is 0 Å². The fourth-order valence-electron chi connectivity index (χ4n) is 1.49. The predicted molar refractivity (Wildman–Crippen MR) is 71.8 cm³/mol. The van der Waals surface area contributed by atoms with Crippen LogP contribution in [0, 0.1) is 6.92 Å². The first-order valence-electron chi connectivity index (χ1n) is 6.07. The van der Waals surface area contributed by atoms with Crippen LogP contribution in [0.4, 0.5) is 4.79 Å². The van der Waals surface area contributed by atoms with Gasteiger partial charge in [-0.2, -0.15) is 0 Å². The van der Waals surface area contributed by atoms with Crippen molar-refractivity contribution in [3.63, 3.8) is 0 Å². The molecule has 1 amide bonds. The Morgan fingerprint density at radius 2 is 2.00 bits per heavy atom. The molecule has 0 fully saturated rings. The molecule has 1 N–H and O–H groups in total. The van der Waals surface area contributed by atoms with Gasteiger partial charge in [-0.15, -0.1) is 0 Å². The van der Waals surface area contributed by atoms with Gasteiger partial charge in [0.05, 0.1) is 5.69 Å². The number of alkyl carbamates (subject to hydrolysis) is 1. The molecule has 5 nitrogen and oxygen atoms in total. The molecule has 1 unspecified atom stereocenters. The number of carbonyl (C=O) groups is 2. The van der Waals surface area contributed by atoms with E-state index in [0.29, 0.717) is 12.0 Å². The number of aldehydes is 1. The van der Waals surface area contributed by atoms with Crippen molar-refractivity contribution in [2.24, 2.45) is 0 Å². The Labute approximate surface area is 113 Å². The van der Waals surface area contributed by atoms with E-state index in [9.17, 15) is 9.59 Å². The number of ether oxygens (including phenoxy) is 1. The highest BCUT2D eigenvalue weighted by Crippen LogP contribution is 2.18. The van der Waals surface area contributed by atoms with E-state index < -0.39 is 17.2 Å². The van der Waals surface area contributed by atoms with Gasteiger partial charge in [-0.25, -0.2) is 4.79 Å². The van der Waals surface area contributed by atoms with Gasteiger partial charge in [-0.05, 0) is 52.3 Å². The monoisotopic (exact) mass is 264 g/mol. The van der Waals surface area contributed by atoms with E-state index in [-0.39, 0.29) is 0 Å². The van der Waals surface area contributed by atoms with Gasteiger partial charge in [0.2, 0.25) is 0 Å². The van der Waals surface area contributed by atoms with Gasteiger partial charge in [0.1, 0.15) is 11.1 Å². The van der Waals surface area contributed by atoms with Crippen LogP contribution in [0.5, 0.6) is 0 Å². The highest BCUT2D eigenvalue weighted by molar-refractivity contribution is 5.77. The number of aromatic nitrogens is 1. The molecule has 0 saturated heterocycles. The molecule has 0 aliphatic rings. The summed E-state index contributed by atoms with van der Waals surface area (Å²) < 4.78 is 5.15. The summed E-state index contributed by atoms with van der Waals surface area (Å²) in [5.41, 5.74) is -0.375. The van der Waals surface area contributed by atoms with Crippen LogP contribution >= 0.6 is 0 Å². The number of amides is 1. The van der Waals surface area contributed by atoms with E-state index in [1.165, 1.54) is 0 Å². The zero-order chi connectivity index (χ0) is 14.7. The minimum atomic E-state index is -1.20. The molecule has 1 aromatic heterocycles. The summed E-state index contributed by atoms with van der Waals surface area (Å²) >= 11 is 0. The SMILES string of the molecule is Cc1ccnc(C(C)(C=O)NC(=O)OC(C)(C)C)c1. The van der Waals surface area contributed by atoms with Crippen LogP contribution in [0.3, 0.4) is 0 Å². The minimum absolute atomic E-state index is 0.480. The molecular formula is C14H20N2O3. The lowest BCUT2D eigenvalue weighted by molar-refractivity contribution is -0.113. The number of aryl methyl sites for hydroxylation is 1.